The van der Waals surface area contributed by atoms with Crippen LogP contribution in [0.15, 0.2) is 35.1 Å². The van der Waals surface area contributed by atoms with Crippen LogP contribution in [0.25, 0.3) is 0 Å². The van der Waals surface area contributed by atoms with E-state index < -0.39 is 0 Å². The third kappa shape index (κ3) is 2.56. The molecule has 2 N–H and O–H groups in total. The second kappa shape index (κ2) is 4.98. The van der Waals surface area contributed by atoms with E-state index in [1.807, 2.05) is 13.1 Å². The number of aryl methyl sites for hydroxylation is 1. The molecule has 0 saturated carbocycles. The average molecular weight is 298 g/mol. The summed E-state index contributed by atoms with van der Waals surface area (Å²) in [5.41, 5.74) is 7.70. The van der Waals surface area contributed by atoms with Gasteiger partial charge in [0.25, 0.3) is 0 Å². The van der Waals surface area contributed by atoms with Crippen LogP contribution in [0.2, 0.25) is 0 Å². The molecule has 17 heavy (non-hydrogen) atoms. The minimum atomic E-state index is -0.375. The molecule has 0 bridgehead atoms. The van der Waals surface area contributed by atoms with Crippen molar-refractivity contribution < 1.29 is 4.39 Å². The Morgan fingerprint density at radius 1 is 1.53 bits per heavy atom. The fourth-order valence-electron chi connectivity index (χ4n) is 1.65. The molecule has 1 heterocycles. The summed E-state index contributed by atoms with van der Waals surface area (Å²) < 4.78 is 15.8. The molecule has 1 atom stereocenters. The van der Waals surface area contributed by atoms with E-state index in [4.69, 9.17) is 5.73 Å². The molecule has 0 aliphatic carbocycles. The van der Waals surface area contributed by atoms with Crippen molar-refractivity contribution in [2.75, 3.05) is 0 Å². The van der Waals surface area contributed by atoms with Gasteiger partial charge >= 0.3 is 0 Å². The molecule has 1 unspecified atom stereocenters. The fourth-order valence-corrected chi connectivity index (χ4v) is 2.14. The van der Waals surface area contributed by atoms with Crippen LogP contribution in [-0.2, 0) is 6.54 Å². The van der Waals surface area contributed by atoms with Gasteiger partial charge in [0.05, 0.1) is 12.2 Å². The van der Waals surface area contributed by atoms with Crippen molar-refractivity contribution in [3.63, 3.8) is 0 Å². The zero-order valence-electron chi connectivity index (χ0n) is 9.40. The van der Waals surface area contributed by atoms with Gasteiger partial charge in [-0.1, -0.05) is 15.9 Å². The third-order valence-corrected chi connectivity index (χ3v) is 3.35. The highest BCUT2D eigenvalue weighted by Gasteiger charge is 2.14. The van der Waals surface area contributed by atoms with E-state index in [1.165, 1.54) is 12.1 Å². The van der Waals surface area contributed by atoms with Crippen LogP contribution in [0.1, 0.15) is 24.1 Å². The molecule has 1 aromatic heterocycles. The number of aromatic nitrogens is 2. The van der Waals surface area contributed by atoms with Crippen LogP contribution in [0.5, 0.6) is 0 Å². The van der Waals surface area contributed by atoms with Gasteiger partial charge in [0.2, 0.25) is 0 Å². The topological polar surface area (TPSA) is 43.8 Å². The molecule has 0 radical (unpaired) electrons. The maximum Gasteiger partial charge on any atom is 0.123 e. The number of hydrogen-bond acceptors (Lipinski definition) is 2. The zero-order chi connectivity index (χ0) is 12.4. The Morgan fingerprint density at radius 3 is 2.94 bits per heavy atom. The van der Waals surface area contributed by atoms with E-state index in [0.717, 1.165) is 22.1 Å². The van der Waals surface area contributed by atoms with Crippen molar-refractivity contribution >= 4 is 15.9 Å². The van der Waals surface area contributed by atoms with E-state index in [9.17, 15) is 4.39 Å². The molecule has 0 fully saturated rings. The molecule has 0 amide bonds. The van der Waals surface area contributed by atoms with Crippen molar-refractivity contribution in [3.8, 4) is 0 Å². The van der Waals surface area contributed by atoms with Gasteiger partial charge in [0, 0.05) is 22.8 Å². The Kier molecular flexibility index (Phi) is 3.59. The zero-order valence-corrected chi connectivity index (χ0v) is 11.0. The molecule has 0 aliphatic rings. The molecule has 3 nitrogen and oxygen atoms in total. The van der Waals surface area contributed by atoms with Crippen LogP contribution in [0.3, 0.4) is 0 Å². The lowest BCUT2D eigenvalue weighted by Gasteiger charge is -2.12. The van der Waals surface area contributed by atoms with Crippen LogP contribution in [-0.4, -0.2) is 9.78 Å². The quantitative estimate of drug-likeness (QED) is 0.947. The summed E-state index contributed by atoms with van der Waals surface area (Å²) in [6, 6.07) is 4.13. The van der Waals surface area contributed by atoms with Crippen molar-refractivity contribution in [2.45, 2.75) is 19.5 Å². The van der Waals surface area contributed by atoms with E-state index >= 15 is 0 Å². The summed E-state index contributed by atoms with van der Waals surface area (Å²) >= 11 is 3.38. The van der Waals surface area contributed by atoms with Gasteiger partial charge in [-0.25, -0.2) is 4.39 Å². The number of hydrogen-bond donors (Lipinski definition) is 1. The number of nitrogens with zero attached hydrogens (tertiary/aromatic N) is 2. The Hall–Kier alpha value is -1.20. The van der Waals surface area contributed by atoms with Crippen LogP contribution in [0.4, 0.5) is 4.39 Å². The Morgan fingerprint density at radius 2 is 2.29 bits per heavy atom. The Labute approximate surface area is 108 Å². The normalized spacial score (nSPS) is 12.7. The third-order valence-electron chi connectivity index (χ3n) is 2.63. The van der Waals surface area contributed by atoms with Gasteiger partial charge < -0.3 is 5.73 Å². The van der Waals surface area contributed by atoms with Crippen LogP contribution < -0.4 is 5.73 Å². The number of halogens is 2. The van der Waals surface area contributed by atoms with E-state index in [1.54, 1.807) is 16.9 Å². The first kappa shape index (κ1) is 12.3. The highest BCUT2D eigenvalue weighted by molar-refractivity contribution is 9.10. The lowest BCUT2D eigenvalue weighted by atomic mass is 10.0. The minimum absolute atomic E-state index is 0.290. The van der Waals surface area contributed by atoms with Gasteiger partial charge in [-0.15, -0.1) is 0 Å². The molecule has 0 saturated heterocycles. The molecule has 90 valence electrons. The SMILES string of the molecule is CCn1cc(C(N)c2cc(F)ccc2Br)cn1. The standard InChI is InChI=1S/C12H13BrFN3/c1-2-17-7-8(6-16-17)12(15)10-5-9(14)3-4-11(10)13/h3-7,12H,2,15H2,1H3. The minimum Gasteiger partial charge on any atom is -0.320 e. The summed E-state index contributed by atoms with van der Waals surface area (Å²) in [6.07, 6.45) is 3.59. The Balaban J connectivity index is 2.35. The summed E-state index contributed by atoms with van der Waals surface area (Å²) in [5, 5.41) is 4.16. The van der Waals surface area contributed by atoms with E-state index in [2.05, 4.69) is 21.0 Å². The van der Waals surface area contributed by atoms with Crippen LogP contribution in [0, 0.1) is 5.82 Å². The van der Waals surface area contributed by atoms with Gasteiger partial charge in [0.15, 0.2) is 0 Å². The van der Waals surface area contributed by atoms with Gasteiger partial charge in [-0.05, 0) is 30.7 Å². The summed E-state index contributed by atoms with van der Waals surface area (Å²) in [5.74, 6) is -0.290. The second-order valence-corrected chi connectivity index (χ2v) is 4.63. The highest BCUT2D eigenvalue weighted by Crippen LogP contribution is 2.27. The average Bonchev–Trinajstić information content (AvgIpc) is 2.80. The summed E-state index contributed by atoms with van der Waals surface area (Å²) in [6.45, 7) is 2.79. The van der Waals surface area contributed by atoms with Crippen molar-refractivity contribution in [1.82, 2.24) is 9.78 Å². The fraction of sp³-hybridized carbons (Fsp3) is 0.250. The first-order valence-corrected chi connectivity index (χ1v) is 6.14. The lowest BCUT2D eigenvalue weighted by Crippen LogP contribution is -2.12. The molecule has 1 aromatic carbocycles. The lowest BCUT2D eigenvalue weighted by molar-refractivity contribution is 0.623. The summed E-state index contributed by atoms with van der Waals surface area (Å²) in [7, 11) is 0. The van der Waals surface area contributed by atoms with E-state index in [0.29, 0.717) is 0 Å². The van der Waals surface area contributed by atoms with Crippen molar-refractivity contribution in [2.24, 2.45) is 5.73 Å². The predicted octanol–water partition coefficient (Wildman–Crippen LogP) is 2.85. The van der Waals surface area contributed by atoms with Crippen LogP contribution >= 0.6 is 15.9 Å². The molecule has 5 heteroatoms. The van der Waals surface area contributed by atoms with Gasteiger partial charge in [-0.2, -0.15) is 5.10 Å². The molecule has 0 spiro atoms. The van der Waals surface area contributed by atoms with Crippen molar-refractivity contribution in [1.29, 1.82) is 0 Å². The maximum atomic E-state index is 13.2. The monoisotopic (exact) mass is 297 g/mol. The molecule has 2 rings (SSSR count). The van der Waals surface area contributed by atoms with Gasteiger partial charge in [-0.3, -0.25) is 4.68 Å². The summed E-state index contributed by atoms with van der Waals surface area (Å²) in [4.78, 5) is 0. The molecular weight excluding hydrogens is 285 g/mol. The van der Waals surface area contributed by atoms with Crippen molar-refractivity contribution in [3.05, 3.63) is 52.0 Å². The maximum absolute atomic E-state index is 13.2. The predicted molar refractivity (Wildman–Crippen MR) is 68.0 cm³/mol. The molecule has 2 aromatic rings. The van der Waals surface area contributed by atoms with Gasteiger partial charge in [0.1, 0.15) is 5.82 Å². The molecular formula is C12H13BrFN3. The number of benzene rings is 1. The Bertz CT molecular complexity index is 524. The van der Waals surface area contributed by atoms with E-state index in [-0.39, 0.29) is 11.9 Å². The molecule has 0 aliphatic heterocycles. The highest BCUT2D eigenvalue weighted by atomic mass is 79.9. The first-order valence-electron chi connectivity index (χ1n) is 5.34. The second-order valence-electron chi connectivity index (χ2n) is 3.77. The first-order chi connectivity index (χ1) is 8.11. The number of rotatable bonds is 3. The smallest absolute Gasteiger partial charge is 0.123 e. The number of nitrogens with two attached hydrogens (primary N) is 1. The largest absolute Gasteiger partial charge is 0.320 e.